The summed E-state index contributed by atoms with van der Waals surface area (Å²) in [5, 5.41) is 3.50. The van der Waals surface area contributed by atoms with Crippen molar-refractivity contribution in [2.45, 2.75) is 85.1 Å². The Hall–Kier alpha value is -3.94. The van der Waals surface area contributed by atoms with Crippen molar-refractivity contribution in [1.82, 2.24) is 19.4 Å². The van der Waals surface area contributed by atoms with Gasteiger partial charge in [-0.15, -0.1) is 13.2 Å². The Morgan fingerprint density at radius 3 is 2.55 bits per heavy atom. The van der Waals surface area contributed by atoms with Crippen LogP contribution in [0.3, 0.4) is 0 Å². The van der Waals surface area contributed by atoms with Gasteiger partial charge < -0.3 is 14.8 Å². The normalized spacial score (nSPS) is 29.2. The van der Waals surface area contributed by atoms with Crippen molar-refractivity contribution >= 4 is 50.4 Å². The standard InChI is InChI=1S/C37H41BrF3N5O5/c1-34(2,3)51-33(49)46-19-23-24-6-7-26(35(24,4)14-11-25(23)36(5)13-10-22(47)17-28(36)46)31(48)43-27-8-9-29(44-32(27)50-37(39,40)41)45-15-12-20-16-21(38)18-42-30(20)45/h8-9,12,15-18,23-26H,6-7,10-11,13-14,19H2,1-5H3,(H,43,48)/t23?,24?,25?,26?,35-,36+/m0/s1. The molecule has 272 valence electrons. The highest BCUT2D eigenvalue weighted by molar-refractivity contribution is 9.10. The van der Waals surface area contributed by atoms with Gasteiger partial charge in [0.25, 0.3) is 0 Å². The second-order valence-electron chi connectivity index (χ2n) is 15.9. The summed E-state index contributed by atoms with van der Waals surface area (Å²) in [7, 11) is 0. The number of nitrogens with zero attached hydrogens (tertiary/aromatic N) is 4. The molecular formula is C37H41BrF3N5O5. The van der Waals surface area contributed by atoms with Crippen LogP contribution in [0.25, 0.3) is 16.9 Å². The maximum absolute atomic E-state index is 14.1. The lowest BCUT2D eigenvalue weighted by molar-refractivity contribution is -0.275. The van der Waals surface area contributed by atoms with E-state index in [1.165, 1.54) is 12.1 Å². The molecule has 1 N–H and O–H groups in total. The lowest BCUT2D eigenvalue weighted by Gasteiger charge is -2.60. The molecule has 3 fully saturated rings. The molecular weight excluding hydrogens is 731 g/mol. The minimum atomic E-state index is -5.05. The Balaban J connectivity index is 1.16. The Kier molecular flexibility index (Phi) is 8.58. The number of nitrogens with one attached hydrogen (secondary N) is 1. The summed E-state index contributed by atoms with van der Waals surface area (Å²) in [4.78, 5) is 50.6. The average Bonchev–Trinajstić information content (AvgIpc) is 3.61. The van der Waals surface area contributed by atoms with Crippen molar-refractivity contribution in [3.05, 3.63) is 52.9 Å². The number of ether oxygens (including phenoxy) is 2. The zero-order chi connectivity index (χ0) is 36.7. The van der Waals surface area contributed by atoms with E-state index in [9.17, 15) is 27.6 Å². The Morgan fingerprint density at radius 2 is 1.82 bits per heavy atom. The molecule has 4 heterocycles. The fourth-order valence-corrected chi connectivity index (χ4v) is 9.82. The van der Waals surface area contributed by atoms with Gasteiger partial charge in [-0.1, -0.05) is 13.8 Å². The number of carbonyl (C=O) groups excluding carboxylic acids is 3. The number of hydrogen-bond acceptors (Lipinski definition) is 7. The van der Waals surface area contributed by atoms with Crippen LogP contribution in [0.4, 0.5) is 23.7 Å². The monoisotopic (exact) mass is 771 g/mol. The second kappa shape index (κ2) is 12.3. The van der Waals surface area contributed by atoms with Gasteiger partial charge in [-0.25, -0.2) is 9.78 Å². The van der Waals surface area contributed by atoms with Crippen LogP contribution in [0.2, 0.25) is 0 Å². The number of anilines is 1. The summed E-state index contributed by atoms with van der Waals surface area (Å²) in [6, 6.07) is 6.49. The molecule has 7 rings (SSSR count). The van der Waals surface area contributed by atoms with Crippen molar-refractivity contribution in [2.75, 3.05) is 11.9 Å². The van der Waals surface area contributed by atoms with Crippen LogP contribution in [0.15, 0.2) is 52.9 Å². The predicted molar refractivity (Wildman–Crippen MR) is 186 cm³/mol. The lowest BCUT2D eigenvalue weighted by Crippen LogP contribution is -2.59. The van der Waals surface area contributed by atoms with Crippen molar-refractivity contribution in [2.24, 2.45) is 34.5 Å². The first-order chi connectivity index (χ1) is 23.9. The summed E-state index contributed by atoms with van der Waals surface area (Å²) < 4.78 is 53.5. The van der Waals surface area contributed by atoms with Crippen LogP contribution in [-0.2, 0) is 14.3 Å². The summed E-state index contributed by atoms with van der Waals surface area (Å²) in [6.07, 6.45) is 3.13. The van der Waals surface area contributed by atoms with Crippen LogP contribution < -0.4 is 10.1 Å². The van der Waals surface area contributed by atoms with E-state index in [2.05, 4.69) is 49.8 Å². The number of piperidine rings is 1. The molecule has 0 aromatic carbocycles. The zero-order valence-corrected chi connectivity index (χ0v) is 30.7. The molecule has 0 bridgehead atoms. The quantitative estimate of drug-likeness (QED) is 0.283. The van der Waals surface area contributed by atoms with Gasteiger partial charge in [0.15, 0.2) is 5.78 Å². The maximum Gasteiger partial charge on any atom is 0.574 e. The molecule has 0 spiro atoms. The van der Waals surface area contributed by atoms with Gasteiger partial charge in [-0.2, -0.15) is 4.98 Å². The molecule has 3 aromatic rings. The number of aromatic nitrogens is 3. The molecule has 10 nitrogen and oxygen atoms in total. The number of halogens is 4. The number of amides is 2. The number of allylic oxidation sites excluding steroid dienone is 2. The Labute approximate surface area is 302 Å². The molecule has 0 radical (unpaired) electrons. The van der Waals surface area contributed by atoms with E-state index in [-0.39, 0.29) is 35.0 Å². The fraction of sp³-hybridized carbons (Fsp3) is 0.541. The largest absolute Gasteiger partial charge is 0.574 e. The van der Waals surface area contributed by atoms with Crippen LogP contribution in [-0.4, -0.2) is 55.7 Å². The lowest BCUT2D eigenvalue weighted by atomic mass is 9.49. The third kappa shape index (κ3) is 6.42. The molecule has 3 aliphatic carbocycles. The van der Waals surface area contributed by atoms with E-state index in [0.29, 0.717) is 31.5 Å². The van der Waals surface area contributed by atoms with Gasteiger partial charge >= 0.3 is 12.5 Å². The van der Waals surface area contributed by atoms with E-state index >= 15 is 0 Å². The van der Waals surface area contributed by atoms with Crippen LogP contribution in [0.1, 0.15) is 73.1 Å². The van der Waals surface area contributed by atoms with Crippen molar-refractivity contribution < 1.29 is 37.0 Å². The molecule has 2 saturated carbocycles. The van der Waals surface area contributed by atoms with Gasteiger partial charge in [-0.05, 0) is 116 Å². The number of carbonyl (C=O) groups is 3. The van der Waals surface area contributed by atoms with Gasteiger partial charge in [0.2, 0.25) is 11.8 Å². The summed E-state index contributed by atoms with van der Waals surface area (Å²) >= 11 is 3.37. The number of hydrogen-bond donors (Lipinski definition) is 1. The van der Waals surface area contributed by atoms with Crippen LogP contribution in [0.5, 0.6) is 5.88 Å². The highest BCUT2D eigenvalue weighted by atomic mass is 79.9. The van der Waals surface area contributed by atoms with E-state index in [1.807, 2.05) is 26.8 Å². The van der Waals surface area contributed by atoms with Crippen molar-refractivity contribution in [1.29, 1.82) is 0 Å². The van der Waals surface area contributed by atoms with Gasteiger partial charge in [0.05, 0.1) is 0 Å². The molecule has 4 aliphatic rings. The van der Waals surface area contributed by atoms with Gasteiger partial charge in [0.1, 0.15) is 22.8 Å². The Morgan fingerprint density at radius 1 is 1.06 bits per heavy atom. The van der Waals surface area contributed by atoms with E-state index in [1.54, 1.807) is 34.0 Å². The van der Waals surface area contributed by atoms with Crippen LogP contribution in [0, 0.1) is 34.5 Å². The van der Waals surface area contributed by atoms with Gasteiger partial charge in [0, 0.05) is 58.3 Å². The highest BCUT2D eigenvalue weighted by Crippen LogP contribution is 2.65. The number of alkyl halides is 3. The third-order valence-corrected chi connectivity index (χ3v) is 12.1. The van der Waals surface area contributed by atoms with E-state index in [4.69, 9.17) is 4.74 Å². The first-order valence-electron chi connectivity index (χ1n) is 17.3. The minimum absolute atomic E-state index is 0.00393. The zero-order valence-electron chi connectivity index (χ0n) is 29.1. The second-order valence-corrected chi connectivity index (χ2v) is 16.8. The molecule has 3 aromatic heterocycles. The molecule has 4 unspecified atom stereocenters. The SMILES string of the molecule is CC(C)(C)OC(=O)N1CC2C3CCC(C(=O)Nc4ccc(-n5ccc6cc(Br)cnc65)nc4OC(F)(F)F)[C@@]3(C)CCC2[C@@]2(C)CCC(=O)C=C12. The molecule has 14 heteroatoms. The minimum Gasteiger partial charge on any atom is -0.443 e. The summed E-state index contributed by atoms with van der Waals surface area (Å²) in [5.74, 6) is -1.22. The highest BCUT2D eigenvalue weighted by Gasteiger charge is 2.62. The van der Waals surface area contributed by atoms with Crippen molar-refractivity contribution in [3.8, 4) is 11.7 Å². The number of rotatable bonds is 4. The molecule has 1 saturated heterocycles. The number of fused-ring (bicyclic) bond motifs is 6. The Bertz CT molecular complexity index is 1960. The molecule has 6 atom stereocenters. The smallest absolute Gasteiger partial charge is 0.443 e. The van der Waals surface area contributed by atoms with E-state index in [0.717, 1.165) is 34.8 Å². The number of ketones is 1. The first-order valence-corrected chi connectivity index (χ1v) is 18.1. The summed E-state index contributed by atoms with van der Waals surface area (Å²) in [6.45, 7) is 10.0. The predicted octanol–water partition coefficient (Wildman–Crippen LogP) is 8.58. The van der Waals surface area contributed by atoms with Crippen LogP contribution >= 0.6 is 15.9 Å². The van der Waals surface area contributed by atoms with Crippen molar-refractivity contribution in [3.63, 3.8) is 0 Å². The van der Waals surface area contributed by atoms with Gasteiger partial charge in [-0.3, -0.25) is 19.1 Å². The molecule has 1 aliphatic heterocycles. The fourth-order valence-electron chi connectivity index (χ4n) is 9.47. The molecule has 51 heavy (non-hydrogen) atoms. The molecule has 2 amide bonds. The van der Waals surface area contributed by atoms with E-state index < -0.39 is 46.6 Å². The maximum atomic E-state index is 14.1. The summed E-state index contributed by atoms with van der Waals surface area (Å²) in [5.41, 5.74) is -0.594. The topological polar surface area (TPSA) is 116 Å². The number of pyridine rings is 2. The average molecular weight is 773 g/mol. The third-order valence-electron chi connectivity index (χ3n) is 11.7. The number of likely N-dealkylation sites (tertiary alicyclic amines) is 1. The first kappa shape index (κ1) is 35.5.